The average Bonchev–Trinajstić information content (AvgIpc) is 3.18. The summed E-state index contributed by atoms with van der Waals surface area (Å²) in [6.07, 6.45) is 3.59. The van der Waals surface area contributed by atoms with Gasteiger partial charge in [-0.05, 0) is 74.9 Å². The number of fused-ring (bicyclic) bond motifs is 1. The Morgan fingerprint density at radius 2 is 2.05 bits per heavy atom. The van der Waals surface area contributed by atoms with Crippen molar-refractivity contribution in [1.82, 2.24) is 9.71 Å². The second-order valence-corrected chi connectivity index (χ2v) is 12.5. The van der Waals surface area contributed by atoms with Crippen molar-refractivity contribution in [3.63, 3.8) is 0 Å². The Labute approximate surface area is 227 Å². The number of carbonyl (C=O) groups excluding carboxylic acids is 1. The van der Waals surface area contributed by atoms with E-state index in [0.29, 0.717) is 41.5 Å². The fourth-order valence-corrected chi connectivity index (χ4v) is 6.57. The molecule has 0 unspecified atom stereocenters. The monoisotopic (exact) mass is 558 g/mol. The van der Waals surface area contributed by atoms with Gasteiger partial charge in [0.1, 0.15) is 5.75 Å². The number of aryl methyl sites for hydroxylation is 1. The van der Waals surface area contributed by atoms with Gasteiger partial charge in [0.2, 0.25) is 10.0 Å². The highest BCUT2D eigenvalue weighted by Gasteiger charge is 2.26. The number of nitrogens with zero attached hydrogens (tertiary/aromatic N) is 1. The van der Waals surface area contributed by atoms with Gasteiger partial charge in [0.15, 0.2) is 0 Å². The Balaban J connectivity index is 1.92. The molecule has 1 fully saturated rings. The standard InChI is InChI=1S/C28H34N2O6S2/c1-6-24-17(3)18(4)27(37-24)22-15-21(28(32)30-38(33,34)14-11-31)25-23(8-7-16(2)26(25)29-22)36-19(5)20-9-12-35-13-10-20/h6-8,15,19-20,31H,3,9-14H2,1-2,4-5H3,(H,30,32)/b24-6+/t19-/m1/s1. The molecule has 1 amide bonds. The van der Waals surface area contributed by atoms with Gasteiger partial charge in [-0.2, -0.15) is 0 Å². The lowest BCUT2D eigenvalue weighted by Crippen LogP contribution is -2.34. The van der Waals surface area contributed by atoms with Crippen LogP contribution in [0.4, 0.5) is 0 Å². The molecule has 8 nitrogen and oxygen atoms in total. The summed E-state index contributed by atoms with van der Waals surface area (Å²) >= 11 is 1.52. The number of aliphatic hydroxyl groups excluding tert-OH is 1. The molecule has 1 saturated heterocycles. The van der Waals surface area contributed by atoms with Crippen LogP contribution in [-0.4, -0.2) is 56.1 Å². The maximum atomic E-state index is 13.5. The molecule has 0 radical (unpaired) electrons. The number of rotatable bonds is 8. The molecule has 0 aliphatic carbocycles. The Kier molecular flexibility index (Phi) is 8.56. The van der Waals surface area contributed by atoms with Crippen molar-refractivity contribution in [2.45, 2.75) is 46.6 Å². The van der Waals surface area contributed by atoms with E-state index in [9.17, 15) is 13.2 Å². The van der Waals surface area contributed by atoms with E-state index < -0.39 is 28.3 Å². The summed E-state index contributed by atoms with van der Waals surface area (Å²) < 4.78 is 39.9. The third-order valence-corrected chi connectivity index (χ3v) is 9.66. The zero-order valence-corrected chi connectivity index (χ0v) is 23.8. The minimum Gasteiger partial charge on any atom is -0.490 e. The highest BCUT2D eigenvalue weighted by Crippen LogP contribution is 2.36. The van der Waals surface area contributed by atoms with Crippen LogP contribution < -0.4 is 19.2 Å². The second-order valence-electron chi connectivity index (χ2n) is 9.59. The third kappa shape index (κ3) is 5.78. The summed E-state index contributed by atoms with van der Waals surface area (Å²) in [5.74, 6) is -0.616. The third-order valence-electron chi connectivity index (χ3n) is 7.02. The van der Waals surface area contributed by atoms with Gasteiger partial charge < -0.3 is 14.6 Å². The van der Waals surface area contributed by atoms with Crippen molar-refractivity contribution < 1.29 is 27.8 Å². The second kappa shape index (κ2) is 11.5. The summed E-state index contributed by atoms with van der Waals surface area (Å²) in [4.78, 5) is 19.3. The Morgan fingerprint density at radius 1 is 1.34 bits per heavy atom. The van der Waals surface area contributed by atoms with Crippen LogP contribution in [0, 0.1) is 19.8 Å². The number of amides is 1. The van der Waals surface area contributed by atoms with Gasteiger partial charge in [-0.25, -0.2) is 18.1 Å². The van der Waals surface area contributed by atoms with Crippen molar-refractivity contribution in [2.24, 2.45) is 5.92 Å². The molecule has 4 rings (SSSR count). The van der Waals surface area contributed by atoms with Crippen molar-refractivity contribution in [2.75, 3.05) is 25.6 Å². The van der Waals surface area contributed by atoms with E-state index in [-0.39, 0.29) is 11.7 Å². The SMILES string of the molecule is C=c1c(C)c(-c2cc(C(=O)NS(=O)(=O)CCO)c3c(O[C@H](C)C4CCOCC4)ccc(C)c3n2)s/c1=C/C. The molecule has 0 bridgehead atoms. The van der Waals surface area contributed by atoms with E-state index in [2.05, 4.69) is 11.3 Å². The summed E-state index contributed by atoms with van der Waals surface area (Å²) in [7, 11) is -4.04. The molecule has 0 saturated carbocycles. The quantitative estimate of drug-likeness (QED) is 0.437. The molecular formula is C28H34N2O6S2. The first-order valence-electron chi connectivity index (χ1n) is 12.7. The Bertz CT molecular complexity index is 1570. The first-order chi connectivity index (χ1) is 18.1. The Hall–Kier alpha value is -2.79. The van der Waals surface area contributed by atoms with E-state index in [0.717, 1.165) is 38.6 Å². The van der Waals surface area contributed by atoms with E-state index in [1.54, 1.807) is 6.07 Å². The average molecular weight is 559 g/mol. The topological polar surface area (TPSA) is 115 Å². The van der Waals surface area contributed by atoms with Crippen LogP contribution in [0.15, 0.2) is 18.2 Å². The normalized spacial score (nSPS) is 16.1. The highest BCUT2D eigenvalue weighted by atomic mass is 32.2. The number of ether oxygens (including phenoxy) is 2. The van der Waals surface area contributed by atoms with Gasteiger partial charge in [0.25, 0.3) is 5.91 Å². The number of sulfonamides is 1. The molecule has 1 aliphatic rings. The maximum Gasteiger partial charge on any atom is 0.265 e. The lowest BCUT2D eigenvalue weighted by molar-refractivity contribution is 0.0243. The van der Waals surface area contributed by atoms with Crippen molar-refractivity contribution in [3.8, 4) is 16.3 Å². The zero-order chi connectivity index (χ0) is 27.6. The molecule has 1 atom stereocenters. The van der Waals surface area contributed by atoms with Gasteiger partial charge in [0, 0.05) is 17.7 Å². The molecule has 10 heteroatoms. The Morgan fingerprint density at radius 3 is 2.68 bits per heavy atom. The van der Waals surface area contributed by atoms with Gasteiger partial charge in [-0.1, -0.05) is 18.7 Å². The predicted molar refractivity (Wildman–Crippen MR) is 151 cm³/mol. The molecule has 0 spiro atoms. The largest absolute Gasteiger partial charge is 0.490 e. The van der Waals surface area contributed by atoms with Gasteiger partial charge in [-0.3, -0.25) is 4.79 Å². The number of aliphatic hydroxyl groups is 1. The van der Waals surface area contributed by atoms with E-state index in [1.807, 2.05) is 45.9 Å². The minimum atomic E-state index is -4.04. The highest BCUT2D eigenvalue weighted by molar-refractivity contribution is 7.90. The number of aromatic nitrogens is 1. The molecule has 38 heavy (non-hydrogen) atoms. The molecule has 1 aliphatic heterocycles. The van der Waals surface area contributed by atoms with Crippen LogP contribution in [0.5, 0.6) is 5.75 Å². The van der Waals surface area contributed by atoms with Crippen molar-refractivity contribution in [1.29, 1.82) is 0 Å². The molecule has 3 heterocycles. The number of hydrogen-bond donors (Lipinski definition) is 2. The van der Waals surface area contributed by atoms with E-state index >= 15 is 0 Å². The van der Waals surface area contributed by atoms with Crippen LogP contribution in [0.2, 0.25) is 0 Å². The fourth-order valence-electron chi connectivity index (χ4n) is 4.73. The zero-order valence-electron chi connectivity index (χ0n) is 22.2. The van der Waals surface area contributed by atoms with Crippen LogP contribution in [0.1, 0.15) is 48.2 Å². The molecule has 204 valence electrons. The number of nitrogens with one attached hydrogen (secondary N) is 1. The first-order valence-corrected chi connectivity index (χ1v) is 15.1. The lowest BCUT2D eigenvalue weighted by Gasteiger charge is -2.29. The number of benzene rings is 1. The fraction of sp³-hybridized carbons (Fsp3) is 0.429. The van der Waals surface area contributed by atoms with Crippen molar-refractivity contribution in [3.05, 3.63) is 44.6 Å². The molecule has 1 aromatic carbocycles. The number of pyridine rings is 1. The van der Waals surface area contributed by atoms with E-state index in [4.69, 9.17) is 19.6 Å². The van der Waals surface area contributed by atoms with Crippen LogP contribution in [0.25, 0.3) is 34.1 Å². The van der Waals surface area contributed by atoms with E-state index in [1.165, 1.54) is 11.3 Å². The molecule has 2 N–H and O–H groups in total. The molecular weight excluding hydrogens is 524 g/mol. The number of carbonyl (C=O) groups is 1. The van der Waals surface area contributed by atoms with Gasteiger partial charge >= 0.3 is 0 Å². The molecule has 3 aromatic rings. The first kappa shape index (κ1) is 28.2. The van der Waals surface area contributed by atoms with Crippen molar-refractivity contribution >= 4 is 50.8 Å². The summed E-state index contributed by atoms with van der Waals surface area (Å²) in [6, 6.07) is 5.33. The minimum absolute atomic E-state index is 0.143. The number of hydrogen-bond acceptors (Lipinski definition) is 8. The van der Waals surface area contributed by atoms with Gasteiger partial charge in [0.05, 0.1) is 45.5 Å². The van der Waals surface area contributed by atoms with Crippen LogP contribution >= 0.6 is 11.3 Å². The molecule has 2 aromatic heterocycles. The lowest BCUT2D eigenvalue weighted by atomic mass is 9.94. The van der Waals surface area contributed by atoms with Gasteiger partial charge in [-0.15, -0.1) is 11.3 Å². The summed E-state index contributed by atoms with van der Waals surface area (Å²) in [5.41, 5.74) is 3.04. The predicted octanol–water partition coefficient (Wildman–Crippen LogP) is 3.04. The number of thiophene rings is 1. The summed E-state index contributed by atoms with van der Waals surface area (Å²) in [6.45, 7) is 12.7. The summed E-state index contributed by atoms with van der Waals surface area (Å²) in [5, 5.41) is 10.5. The van der Waals surface area contributed by atoms with Crippen LogP contribution in [-0.2, 0) is 14.8 Å². The maximum absolute atomic E-state index is 13.5. The van der Waals surface area contributed by atoms with Crippen LogP contribution in [0.3, 0.4) is 0 Å². The smallest absolute Gasteiger partial charge is 0.265 e.